The standard InChI is InChI=1S/C20H26N6O2/c1-20(2,3)26-16(13-15(22-26)14-8-9-14)18(27)21-10-6-12-25-19(28)24-11-5-4-7-17(24)23-25/h4-5,7,11,13-14H,6,8-10,12H2,1-3H3,(H,21,27). The van der Waals surface area contributed by atoms with Gasteiger partial charge in [-0.05, 0) is 58.2 Å². The molecule has 0 aromatic carbocycles. The van der Waals surface area contributed by atoms with Crippen molar-refractivity contribution in [3.05, 3.63) is 52.3 Å². The molecule has 1 saturated carbocycles. The van der Waals surface area contributed by atoms with Gasteiger partial charge in [0.15, 0.2) is 5.65 Å². The second-order valence-electron chi connectivity index (χ2n) is 8.36. The first kappa shape index (κ1) is 18.5. The molecule has 28 heavy (non-hydrogen) atoms. The molecular weight excluding hydrogens is 356 g/mol. The van der Waals surface area contributed by atoms with Crippen molar-refractivity contribution in [2.75, 3.05) is 6.54 Å². The summed E-state index contributed by atoms with van der Waals surface area (Å²) >= 11 is 0. The Balaban J connectivity index is 1.39. The molecule has 3 aromatic heterocycles. The van der Waals surface area contributed by atoms with E-state index in [0.29, 0.717) is 36.8 Å². The summed E-state index contributed by atoms with van der Waals surface area (Å²) in [6, 6.07) is 7.37. The van der Waals surface area contributed by atoms with E-state index < -0.39 is 0 Å². The summed E-state index contributed by atoms with van der Waals surface area (Å²) in [5, 5.41) is 11.9. The van der Waals surface area contributed by atoms with E-state index in [4.69, 9.17) is 0 Å². The Morgan fingerprint density at radius 3 is 2.71 bits per heavy atom. The molecule has 1 aliphatic rings. The van der Waals surface area contributed by atoms with Crippen LogP contribution in [0.5, 0.6) is 0 Å². The number of aryl methyl sites for hydroxylation is 1. The predicted molar refractivity (Wildman–Crippen MR) is 106 cm³/mol. The summed E-state index contributed by atoms with van der Waals surface area (Å²) in [6.07, 6.45) is 4.62. The summed E-state index contributed by atoms with van der Waals surface area (Å²) in [4.78, 5) is 25.0. The third-order valence-electron chi connectivity index (χ3n) is 4.91. The number of hydrogen-bond donors (Lipinski definition) is 1. The van der Waals surface area contributed by atoms with Gasteiger partial charge < -0.3 is 5.32 Å². The molecule has 0 bridgehead atoms. The van der Waals surface area contributed by atoms with E-state index in [1.807, 2.05) is 37.6 Å². The van der Waals surface area contributed by atoms with Crippen molar-refractivity contribution < 1.29 is 4.79 Å². The lowest BCUT2D eigenvalue weighted by molar-refractivity contribution is 0.0934. The fourth-order valence-corrected chi connectivity index (χ4v) is 3.29. The highest BCUT2D eigenvalue weighted by molar-refractivity contribution is 5.92. The molecule has 0 atom stereocenters. The minimum absolute atomic E-state index is 0.128. The third kappa shape index (κ3) is 3.58. The molecule has 0 spiro atoms. The number of carbonyl (C=O) groups is 1. The van der Waals surface area contributed by atoms with Gasteiger partial charge in [0, 0.05) is 25.2 Å². The zero-order valence-electron chi connectivity index (χ0n) is 16.6. The van der Waals surface area contributed by atoms with Crippen LogP contribution in [0.2, 0.25) is 0 Å². The monoisotopic (exact) mass is 382 g/mol. The fraction of sp³-hybridized carbons (Fsp3) is 0.500. The maximum absolute atomic E-state index is 12.7. The highest BCUT2D eigenvalue weighted by Gasteiger charge is 2.31. The molecule has 0 unspecified atom stereocenters. The smallest absolute Gasteiger partial charge is 0.350 e. The van der Waals surface area contributed by atoms with Crippen molar-refractivity contribution in [1.29, 1.82) is 0 Å². The topological polar surface area (TPSA) is 86.2 Å². The number of carbonyl (C=O) groups excluding carboxylic acids is 1. The maximum atomic E-state index is 12.7. The van der Waals surface area contributed by atoms with Gasteiger partial charge in [-0.25, -0.2) is 9.48 Å². The van der Waals surface area contributed by atoms with Crippen LogP contribution in [-0.4, -0.2) is 36.4 Å². The Hall–Kier alpha value is -2.90. The van der Waals surface area contributed by atoms with Crippen LogP contribution >= 0.6 is 0 Å². The first-order valence-corrected chi connectivity index (χ1v) is 9.77. The normalized spacial score (nSPS) is 14.5. The van der Waals surface area contributed by atoms with Gasteiger partial charge in [-0.3, -0.25) is 13.9 Å². The average molecular weight is 382 g/mol. The van der Waals surface area contributed by atoms with Gasteiger partial charge in [-0.1, -0.05) is 6.07 Å². The van der Waals surface area contributed by atoms with Gasteiger partial charge >= 0.3 is 5.69 Å². The number of nitrogens with zero attached hydrogens (tertiary/aromatic N) is 5. The van der Waals surface area contributed by atoms with Crippen LogP contribution < -0.4 is 11.0 Å². The number of rotatable bonds is 6. The second-order valence-corrected chi connectivity index (χ2v) is 8.36. The van der Waals surface area contributed by atoms with Gasteiger partial charge in [0.1, 0.15) is 5.69 Å². The minimum Gasteiger partial charge on any atom is -0.351 e. The molecular formula is C20H26N6O2. The minimum atomic E-state index is -0.260. The Kier molecular flexibility index (Phi) is 4.56. The Labute approximate surface area is 163 Å². The van der Waals surface area contributed by atoms with Crippen LogP contribution in [0.15, 0.2) is 35.3 Å². The molecule has 4 rings (SSSR count). The quantitative estimate of drug-likeness (QED) is 0.662. The zero-order chi connectivity index (χ0) is 19.9. The van der Waals surface area contributed by atoms with Crippen molar-refractivity contribution in [3.63, 3.8) is 0 Å². The Bertz CT molecular complexity index is 1060. The Morgan fingerprint density at radius 2 is 2.04 bits per heavy atom. The van der Waals surface area contributed by atoms with Gasteiger partial charge in [-0.15, -0.1) is 5.10 Å². The molecule has 1 N–H and O–H groups in total. The molecule has 0 saturated heterocycles. The van der Waals surface area contributed by atoms with E-state index in [1.54, 1.807) is 18.3 Å². The van der Waals surface area contributed by atoms with Crippen LogP contribution in [-0.2, 0) is 12.1 Å². The van der Waals surface area contributed by atoms with Crippen LogP contribution in [0.25, 0.3) is 5.65 Å². The molecule has 0 radical (unpaired) electrons. The number of amides is 1. The third-order valence-corrected chi connectivity index (χ3v) is 4.91. The van der Waals surface area contributed by atoms with Crippen molar-refractivity contribution >= 4 is 11.6 Å². The summed E-state index contributed by atoms with van der Waals surface area (Å²) in [6.45, 7) is 7.05. The number of fused-ring (bicyclic) bond motifs is 1. The van der Waals surface area contributed by atoms with E-state index in [0.717, 1.165) is 18.5 Å². The van der Waals surface area contributed by atoms with Crippen LogP contribution in [0.3, 0.4) is 0 Å². The number of pyridine rings is 1. The van der Waals surface area contributed by atoms with E-state index in [9.17, 15) is 9.59 Å². The molecule has 3 heterocycles. The first-order valence-electron chi connectivity index (χ1n) is 9.77. The van der Waals surface area contributed by atoms with E-state index in [1.165, 1.54) is 9.08 Å². The molecule has 3 aromatic rings. The lowest BCUT2D eigenvalue weighted by Crippen LogP contribution is -2.33. The molecule has 148 valence electrons. The second kappa shape index (κ2) is 6.92. The molecule has 8 nitrogen and oxygen atoms in total. The number of hydrogen-bond acceptors (Lipinski definition) is 4. The van der Waals surface area contributed by atoms with Gasteiger partial charge in [0.25, 0.3) is 5.91 Å². The van der Waals surface area contributed by atoms with Crippen LogP contribution in [0.4, 0.5) is 0 Å². The molecule has 1 fully saturated rings. The van der Waals surface area contributed by atoms with Crippen molar-refractivity contribution in [2.24, 2.45) is 0 Å². The molecule has 1 aliphatic carbocycles. The number of nitrogens with one attached hydrogen (secondary N) is 1. The highest BCUT2D eigenvalue weighted by atomic mass is 16.2. The summed E-state index contributed by atoms with van der Waals surface area (Å²) in [5.74, 6) is 0.369. The first-order chi connectivity index (χ1) is 13.3. The summed E-state index contributed by atoms with van der Waals surface area (Å²) in [5.41, 5.74) is 1.81. The average Bonchev–Trinajstić information content (AvgIpc) is 3.31. The summed E-state index contributed by atoms with van der Waals surface area (Å²) in [7, 11) is 0. The Morgan fingerprint density at radius 1 is 1.25 bits per heavy atom. The fourth-order valence-electron chi connectivity index (χ4n) is 3.29. The van der Waals surface area contributed by atoms with Gasteiger partial charge in [-0.2, -0.15) is 5.10 Å². The van der Waals surface area contributed by atoms with Crippen molar-refractivity contribution in [2.45, 2.75) is 58.0 Å². The lowest BCUT2D eigenvalue weighted by atomic mass is 10.1. The molecule has 8 heteroatoms. The number of aromatic nitrogens is 5. The molecule has 0 aliphatic heterocycles. The largest absolute Gasteiger partial charge is 0.351 e. The molecule has 1 amide bonds. The van der Waals surface area contributed by atoms with E-state index in [2.05, 4.69) is 15.5 Å². The van der Waals surface area contributed by atoms with Gasteiger partial charge in [0.2, 0.25) is 0 Å². The summed E-state index contributed by atoms with van der Waals surface area (Å²) < 4.78 is 4.77. The van der Waals surface area contributed by atoms with Crippen LogP contribution in [0, 0.1) is 0 Å². The predicted octanol–water partition coefficient (Wildman–Crippen LogP) is 2.15. The zero-order valence-corrected chi connectivity index (χ0v) is 16.6. The van der Waals surface area contributed by atoms with Crippen molar-refractivity contribution in [3.8, 4) is 0 Å². The van der Waals surface area contributed by atoms with Gasteiger partial charge in [0.05, 0.1) is 11.2 Å². The lowest BCUT2D eigenvalue weighted by Gasteiger charge is -2.22. The maximum Gasteiger partial charge on any atom is 0.350 e. The van der Waals surface area contributed by atoms with E-state index in [-0.39, 0.29) is 17.1 Å². The van der Waals surface area contributed by atoms with E-state index >= 15 is 0 Å². The van der Waals surface area contributed by atoms with Crippen molar-refractivity contribution in [1.82, 2.24) is 29.3 Å². The van der Waals surface area contributed by atoms with Crippen LogP contribution in [0.1, 0.15) is 62.1 Å². The highest BCUT2D eigenvalue weighted by Crippen LogP contribution is 2.40. The SMILES string of the molecule is CC(C)(C)n1nc(C2CC2)cc1C(=O)NCCCn1nc2ccccn2c1=O.